The maximum atomic E-state index is 12.9. The zero-order valence-electron chi connectivity index (χ0n) is 19.2. The molecule has 1 aromatic carbocycles. The lowest BCUT2D eigenvalue weighted by molar-refractivity contribution is -0.000210. The van der Waals surface area contributed by atoms with Gasteiger partial charge in [-0.25, -0.2) is 14.8 Å². The highest BCUT2D eigenvalue weighted by atomic mass is 16.6. The topological polar surface area (TPSA) is 117 Å². The van der Waals surface area contributed by atoms with Crippen molar-refractivity contribution in [1.29, 1.82) is 5.26 Å². The smallest absolute Gasteiger partial charge is 0.416 e. The van der Waals surface area contributed by atoms with Gasteiger partial charge in [-0.05, 0) is 69.1 Å². The lowest BCUT2D eigenvalue weighted by Crippen LogP contribution is -2.41. The van der Waals surface area contributed by atoms with E-state index >= 15 is 0 Å². The molecule has 0 unspecified atom stereocenters. The number of fused-ring (bicyclic) bond motifs is 2. The van der Waals surface area contributed by atoms with Gasteiger partial charge in [-0.1, -0.05) is 0 Å². The largest absolute Gasteiger partial charge is 0.441 e. The average Bonchev–Trinajstić information content (AvgIpc) is 3.22. The van der Waals surface area contributed by atoms with Crippen LogP contribution in [0.15, 0.2) is 36.9 Å². The Labute approximate surface area is 197 Å². The molecule has 2 aliphatic carbocycles. The van der Waals surface area contributed by atoms with E-state index in [-0.39, 0.29) is 5.41 Å². The summed E-state index contributed by atoms with van der Waals surface area (Å²) in [6.07, 6.45) is 8.23. The summed E-state index contributed by atoms with van der Waals surface area (Å²) in [4.78, 5) is 27.6. The molecule has 9 nitrogen and oxygen atoms in total. The first-order chi connectivity index (χ1) is 16.2. The van der Waals surface area contributed by atoms with Crippen LogP contribution >= 0.6 is 0 Å². The highest BCUT2D eigenvalue weighted by Gasteiger charge is 2.64. The number of imidazole rings is 1. The molecule has 1 spiro atoms. The molecule has 3 fully saturated rings. The molecule has 3 heterocycles. The highest BCUT2D eigenvalue weighted by Crippen LogP contribution is 2.65. The zero-order valence-corrected chi connectivity index (χ0v) is 19.2. The van der Waals surface area contributed by atoms with Crippen LogP contribution in [-0.2, 0) is 16.9 Å². The Balaban J connectivity index is 1.23. The Morgan fingerprint density at radius 3 is 2.88 bits per heavy atom. The van der Waals surface area contributed by atoms with Crippen LogP contribution in [0.25, 0.3) is 11.0 Å². The Morgan fingerprint density at radius 1 is 1.29 bits per heavy atom. The summed E-state index contributed by atoms with van der Waals surface area (Å²) in [5, 5.41) is 19.4. The fraction of sp³-hybridized carbons (Fsp3) is 0.480. The molecule has 2 aromatic heterocycles. The molecule has 3 aromatic rings. The third-order valence-corrected chi connectivity index (χ3v) is 7.73. The maximum Gasteiger partial charge on any atom is 0.416 e. The van der Waals surface area contributed by atoms with Crippen LogP contribution in [0.1, 0.15) is 50.8 Å². The first kappa shape index (κ1) is 21.1. The molecule has 1 N–H and O–H groups in total. The van der Waals surface area contributed by atoms with Crippen LogP contribution in [0, 0.1) is 22.7 Å². The van der Waals surface area contributed by atoms with Crippen LogP contribution in [0.5, 0.6) is 0 Å². The summed E-state index contributed by atoms with van der Waals surface area (Å²) in [6, 6.07) is 7.77. The minimum Gasteiger partial charge on any atom is -0.441 e. The SMILES string of the molecule is CC(C)(O)c1cnc(N2C[C@@]3(CC[C@H]4C[C@@]4(Cn4cnc5ccc(C#N)cc54)C3)OC2=O)cn1. The van der Waals surface area contributed by atoms with Crippen molar-refractivity contribution in [2.24, 2.45) is 11.3 Å². The van der Waals surface area contributed by atoms with E-state index in [4.69, 9.17) is 4.74 Å². The first-order valence-corrected chi connectivity index (χ1v) is 11.6. The number of aliphatic hydroxyl groups is 1. The zero-order chi connectivity index (χ0) is 23.7. The molecule has 174 valence electrons. The Hall–Kier alpha value is -3.51. The Morgan fingerprint density at radius 2 is 2.15 bits per heavy atom. The number of anilines is 1. The minimum atomic E-state index is -1.10. The second-order valence-electron chi connectivity index (χ2n) is 10.6. The van der Waals surface area contributed by atoms with Crippen molar-refractivity contribution in [3.63, 3.8) is 0 Å². The number of carbonyl (C=O) groups is 1. The second-order valence-corrected chi connectivity index (χ2v) is 10.6. The van der Waals surface area contributed by atoms with Crippen molar-refractivity contribution in [2.75, 3.05) is 11.4 Å². The molecule has 2 saturated carbocycles. The summed E-state index contributed by atoms with van der Waals surface area (Å²) in [5.74, 6) is 1.04. The van der Waals surface area contributed by atoms with Gasteiger partial charge < -0.3 is 14.4 Å². The van der Waals surface area contributed by atoms with E-state index in [1.807, 2.05) is 18.5 Å². The summed E-state index contributed by atoms with van der Waals surface area (Å²) >= 11 is 0. The average molecular weight is 459 g/mol. The number of hydrogen-bond donors (Lipinski definition) is 1. The van der Waals surface area contributed by atoms with Crippen LogP contribution in [0.3, 0.4) is 0 Å². The van der Waals surface area contributed by atoms with Gasteiger partial charge in [0.05, 0.1) is 53.6 Å². The number of hydrogen-bond acceptors (Lipinski definition) is 7. The van der Waals surface area contributed by atoms with E-state index in [0.717, 1.165) is 43.3 Å². The fourth-order valence-electron chi connectivity index (χ4n) is 5.86. The van der Waals surface area contributed by atoms with Gasteiger partial charge in [-0.3, -0.25) is 9.88 Å². The molecule has 9 heteroatoms. The molecular formula is C25H26N6O3. The van der Waals surface area contributed by atoms with E-state index in [2.05, 4.69) is 25.6 Å². The third kappa shape index (κ3) is 3.32. The second kappa shape index (κ2) is 7.00. The monoisotopic (exact) mass is 458 g/mol. The van der Waals surface area contributed by atoms with Crippen molar-refractivity contribution in [1.82, 2.24) is 19.5 Å². The number of aromatic nitrogens is 4. The van der Waals surface area contributed by atoms with Gasteiger partial charge in [0.15, 0.2) is 5.82 Å². The van der Waals surface area contributed by atoms with E-state index in [1.165, 1.54) is 12.4 Å². The van der Waals surface area contributed by atoms with Crippen LogP contribution in [0.4, 0.5) is 10.6 Å². The first-order valence-electron chi connectivity index (χ1n) is 11.6. The number of rotatable bonds is 4. The van der Waals surface area contributed by atoms with Gasteiger partial charge in [0.1, 0.15) is 11.2 Å². The number of amides is 1. The molecule has 0 radical (unpaired) electrons. The van der Waals surface area contributed by atoms with Crippen LogP contribution in [0.2, 0.25) is 0 Å². The predicted octanol–water partition coefficient (Wildman–Crippen LogP) is 3.51. The maximum absolute atomic E-state index is 12.9. The molecule has 0 bridgehead atoms. The normalized spacial score (nSPS) is 28.1. The number of nitriles is 1. The molecule has 1 aliphatic heterocycles. The highest BCUT2D eigenvalue weighted by molar-refractivity contribution is 5.89. The predicted molar refractivity (Wildman–Crippen MR) is 123 cm³/mol. The fourth-order valence-corrected chi connectivity index (χ4v) is 5.86. The van der Waals surface area contributed by atoms with Crippen molar-refractivity contribution >= 4 is 22.9 Å². The van der Waals surface area contributed by atoms with E-state index < -0.39 is 17.3 Å². The number of nitrogens with zero attached hydrogens (tertiary/aromatic N) is 6. The lowest BCUT2D eigenvalue weighted by Gasteiger charge is -2.36. The Bertz CT molecular complexity index is 1340. The van der Waals surface area contributed by atoms with Crippen molar-refractivity contribution in [3.05, 3.63) is 48.2 Å². The van der Waals surface area contributed by atoms with E-state index in [9.17, 15) is 15.2 Å². The van der Waals surface area contributed by atoms with Gasteiger partial charge in [0.2, 0.25) is 0 Å². The summed E-state index contributed by atoms with van der Waals surface area (Å²) < 4.78 is 8.16. The molecule has 6 rings (SSSR count). The molecule has 3 atom stereocenters. The van der Waals surface area contributed by atoms with Gasteiger partial charge in [0, 0.05) is 6.54 Å². The third-order valence-electron chi connectivity index (χ3n) is 7.73. The molecule has 3 aliphatic rings. The summed E-state index contributed by atoms with van der Waals surface area (Å²) in [6.45, 7) is 4.53. The number of benzene rings is 1. The number of ether oxygens (including phenoxy) is 1. The lowest BCUT2D eigenvalue weighted by atomic mass is 9.77. The molecule has 1 amide bonds. The minimum absolute atomic E-state index is 0.0568. The van der Waals surface area contributed by atoms with Gasteiger partial charge >= 0.3 is 6.09 Å². The van der Waals surface area contributed by atoms with Gasteiger partial charge in [-0.2, -0.15) is 5.26 Å². The number of carbonyl (C=O) groups excluding carboxylic acids is 1. The molecular weight excluding hydrogens is 432 g/mol. The van der Waals surface area contributed by atoms with Crippen molar-refractivity contribution in [2.45, 2.75) is 57.3 Å². The molecule has 34 heavy (non-hydrogen) atoms. The van der Waals surface area contributed by atoms with Crippen LogP contribution in [-0.4, -0.2) is 42.9 Å². The summed E-state index contributed by atoms with van der Waals surface area (Å²) in [7, 11) is 0. The standard InChI is InChI=1S/C25H26N6O3/c1-23(2,33)20-10-28-21(11-27-20)31-14-25(34-22(31)32)6-5-17-8-24(17,12-25)13-30-15-29-18-4-3-16(9-26)7-19(18)30/h3-4,7,10-11,15,17,33H,5-6,8,12-14H2,1-2H3/t17-,24-,25-/m0/s1. The molecule has 1 saturated heterocycles. The van der Waals surface area contributed by atoms with Crippen molar-refractivity contribution in [3.8, 4) is 6.07 Å². The van der Waals surface area contributed by atoms with Crippen molar-refractivity contribution < 1.29 is 14.6 Å². The van der Waals surface area contributed by atoms with Crippen LogP contribution < -0.4 is 4.90 Å². The van der Waals surface area contributed by atoms with Gasteiger partial charge in [0.25, 0.3) is 0 Å². The summed E-state index contributed by atoms with van der Waals surface area (Å²) in [5.41, 5.74) is 1.33. The Kier molecular flexibility index (Phi) is 4.33. The van der Waals surface area contributed by atoms with E-state index in [1.54, 1.807) is 24.8 Å². The quantitative estimate of drug-likeness (QED) is 0.636. The van der Waals surface area contributed by atoms with E-state index in [0.29, 0.717) is 29.5 Å². The van der Waals surface area contributed by atoms with Gasteiger partial charge in [-0.15, -0.1) is 0 Å².